The molecule has 2 aromatic carbocycles. The first kappa shape index (κ1) is 11.9. The second kappa shape index (κ2) is 4.59. The number of fused-ring (bicyclic) bond motifs is 2. The molecule has 0 amide bonds. The summed E-state index contributed by atoms with van der Waals surface area (Å²) in [5.74, 6) is 0.614. The van der Waals surface area contributed by atoms with Crippen molar-refractivity contribution in [3.05, 3.63) is 60.4 Å². The average molecular weight is 274 g/mol. The Balaban J connectivity index is 1.74. The monoisotopic (exact) mass is 274 g/mol. The molecule has 2 N–H and O–H groups in total. The highest BCUT2D eigenvalue weighted by molar-refractivity contribution is 5.84. The lowest BCUT2D eigenvalue weighted by atomic mass is 10.1. The maximum Gasteiger partial charge on any atom is 0.227 e. The van der Waals surface area contributed by atoms with Gasteiger partial charge in [-0.15, -0.1) is 0 Å². The van der Waals surface area contributed by atoms with Crippen LogP contribution in [0.5, 0.6) is 0 Å². The zero-order valence-electron chi connectivity index (χ0n) is 11.6. The van der Waals surface area contributed by atoms with Crippen LogP contribution in [0.4, 0.5) is 11.6 Å². The summed E-state index contributed by atoms with van der Waals surface area (Å²) in [7, 11) is 0. The summed E-state index contributed by atoms with van der Waals surface area (Å²) in [5.41, 5.74) is 4.20. The molecule has 0 saturated heterocycles. The highest BCUT2D eigenvalue weighted by Crippen LogP contribution is 2.22. The molecule has 0 atom stereocenters. The summed E-state index contributed by atoms with van der Waals surface area (Å²) < 4.78 is 0. The first-order chi connectivity index (χ1) is 10.3. The normalized spacial score (nSPS) is 11.1. The molecule has 4 rings (SSSR count). The highest BCUT2D eigenvalue weighted by atomic mass is 15.1. The molecule has 0 fully saturated rings. The molecular weight excluding hydrogens is 260 g/mol. The number of aromatic nitrogens is 3. The number of nitrogens with one attached hydrogen (secondary N) is 2. The molecule has 4 heteroatoms. The SMILES string of the molecule is Cc1cccc2cnc(Nc3ccc4cc[nH]c4c3)nc12. The largest absolute Gasteiger partial charge is 0.361 e. The van der Waals surface area contributed by atoms with E-state index < -0.39 is 0 Å². The average Bonchev–Trinajstić information content (AvgIpc) is 2.96. The molecule has 2 heterocycles. The Bertz CT molecular complexity index is 940. The second-order valence-electron chi connectivity index (χ2n) is 5.11. The summed E-state index contributed by atoms with van der Waals surface area (Å²) >= 11 is 0. The molecule has 0 aliphatic heterocycles. The first-order valence-electron chi connectivity index (χ1n) is 6.86. The molecule has 0 aliphatic carbocycles. The predicted molar refractivity (Wildman–Crippen MR) is 85.9 cm³/mol. The van der Waals surface area contributed by atoms with Gasteiger partial charge < -0.3 is 10.3 Å². The Morgan fingerprint density at radius 1 is 1.05 bits per heavy atom. The van der Waals surface area contributed by atoms with E-state index >= 15 is 0 Å². The van der Waals surface area contributed by atoms with E-state index in [9.17, 15) is 0 Å². The third-order valence-corrected chi connectivity index (χ3v) is 3.62. The van der Waals surface area contributed by atoms with Crippen LogP contribution in [0.1, 0.15) is 5.56 Å². The van der Waals surface area contributed by atoms with E-state index in [0.29, 0.717) is 5.95 Å². The van der Waals surface area contributed by atoms with Crippen LogP contribution in [0.3, 0.4) is 0 Å². The Hall–Kier alpha value is -2.88. The zero-order valence-corrected chi connectivity index (χ0v) is 11.6. The maximum absolute atomic E-state index is 4.61. The molecule has 0 unspecified atom stereocenters. The minimum Gasteiger partial charge on any atom is -0.361 e. The van der Waals surface area contributed by atoms with Crippen molar-refractivity contribution in [3.8, 4) is 0 Å². The molecule has 4 nitrogen and oxygen atoms in total. The highest BCUT2D eigenvalue weighted by Gasteiger charge is 2.03. The van der Waals surface area contributed by atoms with Gasteiger partial charge in [0.05, 0.1) is 5.52 Å². The number of nitrogens with zero attached hydrogens (tertiary/aromatic N) is 2. The number of benzene rings is 2. The van der Waals surface area contributed by atoms with E-state index in [-0.39, 0.29) is 0 Å². The van der Waals surface area contributed by atoms with Crippen LogP contribution < -0.4 is 5.32 Å². The van der Waals surface area contributed by atoms with Gasteiger partial charge in [0.15, 0.2) is 0 Å². The number of H-pyrrole nitrogens is 1. The van der Waals surface area contributed by atoms with Crippen molar-refractivity contribution in [2.24, 2.45) is 0 Å². The van der Waals surface area contributed by atoms with Gasteiger partial charge in [-0.1, -0.05) is 24.3 Å². The van der Waals surface area contributed by atoms with Crippen molar-refractivity contribution >= 4 is 33.4 Å². The maximum atomic E-state index is 4.61. The number of anilines is 2. The van der Waals surface area contributed by atoms with Crippen LogP contribution in [-0.2, 0) is 0 Å². The van der Waals surface area contributed by atoms with Gasteiger partial charge in [-0.25, -0.2) is 9.97 Å². The second-order valence-corrected chi connectivity index (χ2v) is 5.11. The molecule has 21 heavy (non-hydrogen) atoms. The fourth-order valence-electron chi connectivity index (χ4n) is 2.52. The van der Waals surface area contributed by atoms with Gasteiger partial charge in [-0.05, 0) is 36.1 Å². The Labute approximate surface area is 121 Å². The Morgan fingerprint density at radius 2 is 2.00 bits per heavy atom. The van der Waals surface area contributed by atoms with Crippen molar-refractivity contribution in [3.63, 3.8) is 0 Å². The van der Waals surface area contributed by atoms with Crippen LogP contribution in [0.25, 0.3) is 21.8 Å². The molecule has 0 aliphatic rings. The van der Waals surface area contributed by atoms with Crippen molar-refractivity contribution < 1.29 is 0 Å². The number of aromatic amines is 1. The van der Waals surface area contributed by atoms with E-state index in [0.717, 1.165) is 27.7 Å². The van der Waals surface area contributed by atoms with Gasteiger partial charge in [0.25, 0.3) is 0 Å². The van der Waals surface area contributed by atoms with Gasteiger partial charge in [0, 0.05) is 29.0 Å². The number of hydrogen-bond acceptors (Lipinski definition) is 3. The molecular formula is C17H14N4. The number of rotatable bonds is 2. The lowest BCUT2D eigenvalue weighted by Crippen LogP contribution is -1.97. The molecule has 4 aromatic rings. The number of hydrogen-bond donors (Lipinski definition) is 2. The van der Waals surface area contributed by atoms with Gasteiger partial charge >= 0.3 is 0 Å². The molecule has 0 saturated carbocycles. The fourth-order valence-corrected chi connectivity index (χ4v) is 2.52. The topological polar surface area (TPSA) is 53.6 Å². The smallest absolute Gasteiger partial charge is 0.227 e. The van der Waals surface area contributed by atoms with E-state index in [2.05, 4.69) is 51.5 Å². The van der Waals surface area contributed by atoms with Crippen LogP contribution in [0.2, 0.25) is 0 Å². The summed E-state index contributed by atoms with van der Waals surface area (Å²) in [5, 5.41) is 5.51. The third kappa shape index (κ3) is 2.10. The van der Waals surface area contributed by atoms with Gasteiger partial charge in [-0.2, -0.15) is 0 Å². The summed E-state index contributed by atoms with van der Waals surface area (Å²) in [6.07, 6.45) is 3.79. The molecule has 0 radical (unpaired) electrons. The lowest BCUT2D eigenvalue weighted by Gasteiger charge is -2.07. The molecule has 0 bridgehead atoms. The van der Waals surface area contributed by atoms with Crippen LogP contribution in [-0.4, -0.2) is 15.0 Å². The van der Waals surface area contributed by atoms with Crippen molar-refractivity contribution in [1.29, 1.82) is 0 Å². The van der Waals surface area contributed by atoms with Gasteiger partial charge in [0.1, 0.15) is 0 Å². The molecule has 0 spiro atoms. The van der Waals surface area contributed by atoms with Crippen LogP contribution >= 0.6 is 0 Å². The van der Waals surface area contributed by atoms with Gasteiger partial charge in [-0.3, -0.25) is 0 Å². The molecule has 2 aromatic heterocycles. The van der Waals surface area contributed by atoms with E-state index in [1.807, 2.05) is 30.6 Å². The van der Waals surface area contributed by atoms with Crippen molar-refractivity contribution in [1.82, 2.24) is 15.0 Å². The minimum atomic E-state index is 0.614. The van der Waals surface area contributed by atoms with E-state index in [1.54, 1.807) is 0 Å². The summed E-state index contributed by atoms with van der Waals surface area (Å²) in [6.45, 7) is 2.06. The lowest BCUT2D eigenvalue weighted by molar-refractivity contribution is 1.20. The zero-order chi connectivity index (χ0) is 14.2. The quantitative estimate of drug-likeness (QED) is 0.577. The Morgan fingerprint density at radius 3 is 2.95 bits per heavy atom. The van der Waals surface area contributed by atoms with Gasteiger partial charge in [0.2, 0.25) is 5.95 Å². The summed E-state index contributed by atoms with van der Waals surface area (Å²) in [6, 6.07) is 14.3. The Kier molecular flexibility index (Phi) is 2.60. The standard InChI is InChI=1S/C17H14N4/c1-11-3-2-4-13-10-19-17(21-16(11)13)20-14-6-5-12-7-8-18-15(12)9-14/h2-10,18H,1H3,(H,19,20,21). The van der Waals surface area contributed by atoms with Crippen LogP contribution in [0, 0.1) is 6.92 Å². The minimum absolute atomic E-state index is 0.614. The fraction of sp³-hybridized carbons (Fsp3) is 0.0588. The summed E-state index contributed by atoms with van der Waals surface area (Å²) in [4.78, 5) is 12.2. The van der Waals surface area contributed by atoms with Crippen molar-refractivity contribution in [2.75, 3.05) is 5.32 Å². The third-order valence-electron chi connectivity index (χ3n) is 3.62. The number of aryl methyl sites for hydroxylation is 1. The number of para-hydroxylation sites is 1. The van der Waals surface area contributed by atoms with Crippen molar-refractivity contribution in [2.45, 2.75) is 6.92 Å². The molecule has 102 valence electrons. The van der Waals surface area contributed by atoms with E-state index in [4.69, 9.17) is 0 Å². The van der Waals surface area contributed by atoms with Crippen LogP contribution in [0.15, 0.2) is 54.9 Å². The first-order valence-corrected chi connectivity index (χ1v) is 6.86. The predicted octanol–water partition coefficient (Wildman–Crippen LogP) is 4.16. The van der Waals surface area contributed by atoms with E-state index in [1.165, 1.54) is 5.39 Å².